The summed E-state index contributed by atoms with van der Waals surface area (Å²) in [5.41, 5.74) is -1.49. The zero-order chi connectivity index (χ0) is 23.7. The van der Waals surface area contributed by atoms with E-state index < -0.39 is 27.1 Å². The van der Waals surface area contributed by atoms with Gasteiger partial charge in [-0.1, -0.05) is 27.7 Å². The lowest BCUT2D eigenvalue weighted by Crippen LogP contribution is -2.30. The molecule has 172 valence electrons. The predicted molar refractivity (Wildman–Crippen MR) is 120 cm³/mol. The SMILES string of the molecule is CC.CC.O=C(NCCCO)c1cc(N(CCCl)CCCl)c([N+](=O)[O-])cc1[N+](=O)[O-]. The number of nitro groups is 2. The van der Waals surface area contributed by atoms with E-state index in [9.17, 15) is 25.0 Å². The summed E-state index contributed by atoms with van der Waals surface area (Å²) in [6.07, 6.45) is 0.268. The quantitative estimate of drug-likeness (QED) is 0.216. The van der Waals surface area contributed by atoms with Crippen LogP contribution in [0.1, 0.15) is 44.5 Å². The van der Waals surface area contributed by atoms with Gasteiger partial charge in [0.15, 0.2) is 0 Å². The summed E-state index contributed by atoms with van der Waals surface area (Å²) in [5, 5.41) is 33.8. The second kappa shape index (κ2) is 17.7. The van der Waals surface area contributed by atoms with Crippen LogP contribution >= 0.6 is 23.2 Å². The van der Waals surface area contributed by atoms with Crippen LogP contribution < -0.4 is 10.2 Å². The first-order valence-electron chi connectivity index (χ1n) is 9.60. The molecule has 0 spiro atoms. The van der Waals surface area contributed by atoms with Crippen molar-refractivity contribution >= 4 is 46.2 Å². The van der Waals surface area contributed by atoms with Gasteiger partial charge in [0, 0.05) is 38.0 Å². The fraction of sp³-hybridized carbons (Fsp3) is 0.611. The number of amides is 1. The average Bonchev–Trinajstić information content (AvgIpc) is 2.75. The van der Waals surface area contributed by atoms with Crippen LogP contribution in [-0.4, -0.2) is 58.9 Å². The van der Waals surface area contributed by atoms with Gasteiger partial charge in [0.2, 0.25) is 0 Å². The van der Waals surface area contributed by atoms with Gasteiger partial charge in [-0.05, 0) is 12.5 Å². The Morgan fingerprint density at radius 2 is 1.53 bits per heavy atom. The van der Waals surface area contributed by atoms with Crippen molar-refractivity contribution in [1.29, 1.82) is 0 Å². The number of halogens is 2. The summed E-state index contributed by atoms with van der Waals surface area (Å²) in [6, 6.07) is 1.86. The molecule has 0 saturated heterocycles. The Balaban J connectivity index is 0. The van der Waals surface area contributed by atoms with Crippen molar-refractivity contribution in [3.05, 3.63) is 37.9 Å². The van der Waals surface area contributed by atoms with E-state index in [0.717, 1.165) is 12.1 Å². The normalized spacial score (nSPS) is 9.43. The standard InChI is InChI=1S/C14H18Cl2N4O6.2C2H6/c15-2-5-18(6-3-16)12-8-10(14(22)17-4-1-7-21)11(19(23)24)9-13(12)20(25)26;2*1-2/h8-9,21H,1-7H2,(H,17,22);2*1-2H3. The number of aliphatic hydroxyl groups is 1. The van der Waals surface area contributed by atoms with Gasteiger partial charge in [-0.2, -0.15) is 0 Å². The van der Waals surface area contributed by atoms with Crippen molar-refractivity contribution < 1.29 is 19.7 Å². The van der Waals surface area contributed by atoms with Crippen LogP contribution in [-0.2, 0) is 0 Å². The van der Waals surface area contributed by atoms with E-state index in [2.05, 4.69) is 5.32 Å². The molecule has 1 amide bonds. The molecule has 0 aliphatic heterocycles. The first kappa shape index (κ1) is 30.0. The average molecular weight is 469 g/mol. The molecule has 0 bridgehead atoms. The number of hydrogen-bond donors (Lipinski definition) is 2. The minimum Gasteiger partial charge on any atom is -0.396 e. The van der Waals surface area contributed by atoms with Crippen molar-refractivity contribution in [1.82, 2.24) is 5.32 Å². The van der Waals surface area contributed by atoms with E-state index in [-0.39, 0.29) is 55.7 Å². The largest absolute Gasteiger partial charge is 0.396 e. The lowest BCUT2D eigenvalue weighted by Gasteiger charge is -2.23. The molecule has 12 heteroatoms. The minimum absolute atomic E-state index is 0.0224. The number of aliphatic hydroxyl groups excluding tert-OH is 1. The third-order valence-corrected chi connectivity index (χ3v) is 3.74. The molecule has 0 fully saturated rings. The Morgan fingerprint density at radius 1 is 1.03 bits per heavy atom. The number of anilines is 1. The summed E-state index contributed by atoms with van der Waals surface area (Å²) in [5.74, 6) is -0.482. The monoisotopic (exact) mass is 468 g/mol. The summed E-state index contributed by atoms with van der Waals surface area (Å²) in [6.45, 7) is 8.36. The van der Waals surface area contributed by atoms with E-state index in [1.54, 1.807) is 0 Å². The van der Waals surface area contributed by atoms with Crippen molar-refractivity contribution in [3.8, 4) is 0 Å². The van der Waals surface area contributed by atoms with Crippen LogP contribution in [0.2, 0.25) is 0 Å². The van der Waals surface area contributed by atoms with Gasteiger partial charge in [0.05, 0.1) is 15.9 Å². The molecule has 0 radical (unpaired) electrons. The maximum atomic E-state index is 12.3. The Labute approximate surface area is 186 Å². The fourth-order valence-corrected chi connectivity index (χ4v) is 2.64. The number of carbonyl (C=O) groups is 1. The van der Waals surface area contributed by atoms with Crippen molar-refractivity contribution in [2.24, 2.45) is 0 Å². The lowest BCUT2D eigenvalue weighted by atomic mass is 10.1. The van der Waals surface area contributed by atoms with Crippen molar-refractivity contribution in [2.45, 2.75) is 34.1 Å². The Morgan fingerprint density at radius 3 is 1.93 bits per heavy atom. The zero-order valence-corrected chi connectivity index (χ0v) is 19.2. The summed E-state index contributed by atoms with van der Waals surface area (Å²) in [4.78, 5) is 34.8. The highest BCUT2D eigenvalue weighted by atomic mass is 35.5. The van der Waals surface area contributed by atoms with E-state index in [4.69, 9.17) is 28.3 Å². The molecule has 0 aliphatic carbocycles. The number of alkyl halides is 2. The van der Waals surface area contributed by atoms with Gasteiger partial charge in [0.1, 0.15) is 11.3 Å². The minimum atomic E-state index is -0.856. The predicted octanol–water partition coefficient (Wildman–Crippen LogP) is 3.95. The van der Waals surface area contributed by atoms with E-state index >= 15 is 0 Å². The van der Waals surface area contributed by atoms with Crippen LogP contribution in [0.25, 0.3) is 0 Å². The van der Waals surface area contributed by atoms with Crippen LogP contribution in [0.4, 0.5) is 17.1 Å². The van der Waals surface area contributed by atoms with E-state index in [1.165, 1.54) is 4.90 Å². The first-order valence-corrected chi connectivity index (χ1v) is 10.7. The first-order chi connectivity index (χ1) is 14.4. The van der Waals surface area contributed by atoms with Gasteiger partial charge in [-0.3, -0.25) is 25.0 Å². The molecule has 0 saturated carbocycles. The molecule has 0 heterocycles. The van der Waals surface area contributed by atoms with Gasteiger partial charge < -0.3 is 15.3 Å². The van der Waals surface area contributed by atoms with Crippen molar-refractivity contribution in [2.75, 3.05) is 42.9 Å². The molecule has 1 aromatic rings. The summed E-state index contributed by atoms with van der Waals surface area (Å²) in [7, 11) is 0. The lowest BCUT2D eigenvalue weighted by molar-refractivity contribution is -0.393. The number of hydrogen-bond acceptors (Lipinski definition) is 7. The number of nitro benzene ring substituents is 2. The Kier molecular flexibility index (Phi) is 17.7. The molecule has 30 heavy (non-hydrogen) atoms. The second-order valence-electron chi connectivity index (χ2n) is 5.07. The maximum absolute atomic E-state index is 12.3. The highest BCUT2D eigenvalue weighted by Gasteiger charge is 2.30. The van der Waals surface area contributed by atoms with Crippen LogP contribution in [0, 0.1) is 20.2 Å². The smallest absolute Gasteiger partial charge is 0.299 e. The highest BCUT2D eigenvalue weighted by Crippen LogP contribution is 2.35. The van der Waals surface area contributed by atoms with Crippen LogP contribution in [0.3, 0.4) is 0 Å². The molecule has 0 unspecified atom stereocenters. The number of benzene rings is 1. The molecule has 0 aromatic heterocycles. The fourth-order valence-electron chi connectivity index (χ4n) is 2.23. The van der Waals surface area contributed by atoms with E-state index in [0.29, 0.717) is 0 Å². The number of nitrogens with zero attached hydrogens (tertiary/aromatic N) is 3. The zero-order valence-electron chi connectivity index (χ0n) is 17.7. The number of rotatable bonds is 11. The van der Waals surface area contributed by atoms with Crippen LogP contribution in [0.5, 0.6) is 0 Å². The molecular formula is C18H30Cl2N4O6. The van der Waals surface area contributed by atoms with Gasteiger partial charge in [0.25, 0.3) is 17.3 Å². The third-order valence-electron chi connectivity index (χ3n) is 3.40. The highest BCUT2D eigenvalue weighted by molar-refractivity contribution is 6.18. The van der Waals surface area contributed by atoms with Gasteiger partial charge in [-0.15, -0.1) is 23.2 Å². The molecule has 1 rings (SSSR count). The third kappa shape index (κ3) is 9.55. The summed E-state index contributed by atoms with van der Waals surface area (Å²) < 4.78 is 0. The molecule has 1 aromatic carbocycles. The Hall–Kier alpha value is -2.17. The molecule has 2 N–H and O–H groups in total. The molecule has 0 atom stereocenters. The molecular weight excluding hydrogens is 439 g/mol. The Bertz CT molecular complexity index is 670. The van der Waals surface area contributed by atoms with Gasteiger partial charge >= 0.3 is 0 Å². The number of carbonyl (C=O) groups excluding carboxylic acids is 1. The maximum Gasteiger partial charge on any atom is 0.299 e. The molecule has 0 aliphatic rings. The molecule has 10 nitrogen and oxygen atoms in total. The topological polar surface area (TPSA) is 139 Å². The summed E-state index contributed by atoms with van der Waals surface area (Å²) >= 11 is 11.4. The number of nitrogens with one attached hydrogen (secondary N) is 1. The van der Waals surface area contributed by atoms with E-state index in [1.807, 2.05) is 27.7 Å². The second-order valence-corrected chi connectivity index (χ2v) is 5.83. The van der Waals surface area contributed by atoms with Gasteiger partial charge in [-0.25, -0.2) is 0 Å². The van der Waals surface area contributed by atoms with Crippen LogP contribution in [0.15, 0.2) is 12.1 Å². The van der Waals surface area contributed by atoms with Crippen molar-refractivity contribution in [3.63, 3.8) is 0 Å².